The van der Waals surface area contributed by atoms with Crippen LogP contribution >= 0.6 is 0 Å². The zero-order chi connectivity index (χ0) is 14.4. The molecule has 0 radical (unpaired) electrons. The maximum Gasteiger partial charge on any atom is 0.123 e. The van der Waals surface area contributed by atoms with Gasteiger partial charge in [0.05, 0.1) is 0 Å². The Bertz CT molecular complexity index is 380. The Balaban J connectivity index is 2.38. The van der Waals surface area contributed by atoms with Gasteiger partial charge in [-0.05, 0) is 57.9 Å². The van der Waals surface area contributed by atoms with E-state index in [2.05, 4.69) is 37.9 Å². The molecule has 1 N–H and O–H groups in total. The van der Waals surface area contributed by atoms with Crippen molar-refractivity contribution in [3.63, 3.8) is 0 Å². The molecule has 1 rings (SSSR count). The number of hydrogen-bond donors (Lipinski definition) is 1. The van der Waals surface area contributed by atoms with Gasteiger partial charge in [-0.3, -0.25) is 4.90 Å². The molecule has 2 nitrogen and oxygen atoms in total. The topological polar surface area (TPSA) is 15.3 Å². The van der Waals surface area contributed by atoms with Crippen molar-refractivity contribution in [2.75, 3.05) is 13.1 Å². The summed E-state index contributed by atoms with van der Waals surface area (Å²) in [5.74, 6) is -0.160. The van der Waals surface area contributed by atoms with Crippen LogP contribution in [0, 0.1) is 12.7 Å². The second-order valence-corrected chi connectivity index (χ2v) is 5.67. The van der Waals surface area contributed by atoms with Crippen molar-refractivity contribution in [1.82, 2.24) is 10.2 Å². The minimum Gasteiger partial charge on any atom is -0.311 e. The summed E-state index contributed by atoms with van der Waals surface area (Å²) in [5.41, 5.74) is 2.18. The lowest BCUT2D eigenvalue weighted by Crippen LogP contribution is -2.41. The summed E-state index contributed by atoms with van der Waals surface area (Å²) in [6, 6.07) is 6.11. The van der Waals surface area contributed by atoms with Gasteiger partial charge in [0, 0.05) is 31.7 Å². The van der Waals surface area contributed by atoms with Gasteiger partial charge < -0.3 is 5.32 Å². The number of rotatable bonds is 7. The quantitative estimate of drug-likeness (QED) is 0.761. The summed E-state index contributed by atoms with van der Waals surface area (Å²) in [6.07, 6.45) is 0. The van der Waals surface area contributed by atoms with Crippen molar-refractivity contribution < 1.29 is 4.39 Å². The molecule has 0 heterocycles. The number of hydrogen-bond acceptors (Lipinski definition) is 2. The third kappa shape index (κ3) is 5.29. The average Bonchev–Trinajstić information content (AvgIpc) is 2.30. The summed E-state index contributed by atoms with van der Waals surface area (Å²) in [6.45, 7) is 13.6. The van der Waals surface area contributed by atoms with E-state index in [-0.39, 0.29) is 5.82 Å². The van der Waals surface area contributed by atoms with Crippen molar-refractivity contribution >= 4 is 0 Å². The number of halogens is 1. The Labute approximate surface area is 117 Å². The highest BCUT2D eigenvalue weighted by molar-refractivity contribution is 5.26. The molecular formula is C16H27FN2. The molecule has 1 aromatic carbocycles. The molecule has 0 aliphatic rings. The van der Waals surface area contributed by atoms with E-state index in [1.54, 1.807) is 6.07 Å². The summed E-state index contributed by atoms with van der Waals surface area (Å²) in [7, 11) is 0. The first-order chi connectivity index (χ1) is 8.91. The molecule has 0 amide bonds. The molecule has 19 heavy (non-hydrogen) atoms. The van der Waals surface area contributed by atoms with Gasteiger partial charge in [0.15, 0.2) is 0 Å². The second kappa shape index (κ2) is 7.61. The van der Waals surface area contributed by atoms with Gasteiger partial charge >= 0.3 is 0 Å². The van der Waals surface area contributed by atoms with Gasteiger partial charge in [-0.15, -0.1) is 0 Å². The van der Waals surface area contributed by atoms with Crippen LogP contribution in [0.2, 0.25) is 0 Å². The van der Waals surface area contributed by atoms with Crippen molar-refractivity contribution in [2.45, 2.75) is 53.2 Å². The third-order valence-corrected chi connectivity index (χ3v) is 3.49. The number of nitrogens with zero attached hydrogens (tertiary/aromatic N) is 1. The maximum absolute atomic E-state index is 13.0. The predicted molar refractivity (Wildman–Crippen MR) is 79.8 cm³/mol. The molecule has 0 aliphatic heterocycles. The first-order valence-corrected chi connectivity index (χ1v) is 7.13. The second-order valence-electron chi connectivity index (χ2n) is 5.67. The zero-order valence-corrected chi connectivity index (χ0v) is 12.8. The minimum absolute atomic E-state index is 0.160. The Kier molecular flexibility index (Phi) is 6.46. The van der Waals surface area contributed by atoms with E-state index in [1.165, 1.54) is 11.6 Å². The third-order valence-electron chi connectivity index (χ3n) is 3.49. The molecule has 0 saturated carbocycles. The molecule has 0 aliphatic carbocycles. The van der Waals surface area contributed by atoms with Gasteiger partial charge in [0.2, 0.25) is 0 Å². The van der Waals surface area contributed by atoms with Gasteiger partial charge in [-0.2, -0.15) is 0 Å². The van der Waals surface area contributed by atoms with Crippen molar-refractivity contribution in [3.8, 4) is 0 Å². The van der Waals surface area contributed by atoms with Crippen LogP contribution in [-0.4, -0.2) is 30.1 Å². The first kappa shape index (κ1) is 16.1. The van der Waals surface area contributed by atoms with E-state index in [1.807, 2.05) is 13.0 Å². The first-order valence-electron chi connectivity index (χ1n) is 7.13. The predicted octanol–water partition coefficient (Wildman–Crippen LogP) is 3.34. The molecule has 0 aromatic heterocycles. The molecule has 0 saturated heterocycles. The average molecular weight is 266 g/mol. The van der Waals surface area contributed by atoms with E-state index < -0.39 is 0 Å². The molecule has 0 unspecified atom stereocenters. The molecule has 0 fully saturated rings. The highest BCUT2D eigenvalue weighted by Crippen LogP contribution is 2.09. The number of aryl methyl sites for hydroxylation is 1. The highest BCUT2D eigenvalue weighted by Gasteiger charge is 2.12. The molecule has 3 heteroatoms. The molecule has 1 aromatic rings. The molecule has 0 bridgehead atoms. The van der Waals surface area contributed by atoms with Crippen LogP contribution in [0.4, 0.5) is 4.39 Å². The number of benzene rings is 1. The van der Waals surface area contributed by atoms with Crippen LogP contribution in [0.3, 0.4) is 0 Å². The van der Waals surface area contributed by atoms with E-state index in [9.17, 15) is 4.39 Å². The lowest BCUT2D eigenvalue weighted by Gasteiger charge is -2.30. The summed E-state index contributed by atoms with van der Waals surface area (Å²) in [5, 5.41) is 3.44. The fourth-order valence-corrected chi connectivity index (χ4v) is 2.40. The summed E-state index contributed by atoms with van der Waals surface area (Å²) in [4.78, 5) is 2.46. The van der Waals surface area contributed by atoms with Crippen LogP contribution in [-0.2, 0) is 6.54 Å². The van der Waals surface area contributed by atoms with Crippen LogP contribution in [0.15, 0.2) is 18.2 Å². The van der Waals surface area contributed by atoms with Crippen molar-refractivity contribution in [3.05, 3.63) is 35.1 Å². The van der Waals surface area contributed by atoms with Crippen LogP contribution in [0.5, 0.6) is 0 Å². The van der Waals surface area contributed by atoms with E-state index in [4.69, 9.17) is 0 Å². The van der Waals surface area contributed by atoms with Crippen LogP contribution < -0.4 is 5.32 Å². The molecule has 0 atom stereocenters. The fraction of sp³-hybridized carbons (Fsp3) is 0.625. The summed E-state index contributed by atoms with van der Waals surface area (Å²) < 4.78 is 13.0. The van der Waals surface area contributed by atoms with Gasteiger partial charge in [-0.1, -0.05) is 6.07 Å². The minimum atomic E-state index is -0.160. The molecule has 0 spiro atoms. The Morgan fingerprint density at radius 2 is 1.79 bits per heavy atom. The van der Waals surface area contributed by atoms with Crippen LogP contribution in [0.25, 0.3) is 0 Å². The number of nitrogens with one attached hydrogen (secondary N) is 1. The Morgan fingerprint density at radius 1 is 1.16 bits per heavy atom. The standard InChI is InChI=1S/C16H27FN2/c1-12(2)19(13(3)4)9-8-18-11-15-6-7-16(17)10-14(15)5/h6-7,10,12-13,18H,8-9,11H2,1-5H3. The lowest BCUT2D eigenvalue weighted by molar-refractivity contribution is 0.176. The fourth-order valence-electron chi connectivity index (χ4n) is 2.40. The SMILES string of the molecule is Cc1cc(F)ccc1CNCCN(C(C)C)C(C)C. The van der Waals surface area contributed by atoms with Gasteiger partial charge in [0.1, 0.15) is 5.82 Å². The smallest absolute Gasteiger partial charge is 0.123 e. The Hall–Kier alpha value is -0.930. The Morgan fingerprint density at radius 3 is 2.32 bits per heavy atom. The van der Waals surface area contributed by atoms with E-state index in [0.29, 0.717) is 12.1 Å². The largest absolute Gasteiger partial charge is 0.311 e. The monoisotopic (exact) mass is 266 g/mol. The van der Waals surface area contributed by atoms with Gasteiger partial charge in [0.25, 0.3) is 0 Å². The van der Waals surface area contributed by atoms with Crippen LogP contribution in [0.1, 0.15) is 38.8 Å². The van der Waals surface area contributed by atoms with Gasteiger partial charge in [-0.25, -0.2) is 4.39 Å². The zero-order valence-electron chi connectivity index (χ0n) is 12.8. The maximum atomic E-state index is 13.0. The van der Waals surface area contributed by atoms with Crippen molar-refractivity contribution in [1.29, 1.82) is 0 Å². The molecule has 108 valence electrons. The molecular weight excluding hydrogens is 239 g/mol. The van der Waals surface area contributed by atoms with E-state index in [0.717, 1.165) is 25.2 Å². The highest BCUT2D eigenvalue weighted by atomic mass is 19.1. The lowest BCUT2D eigenvalue weighted by atomic mass is 10.1. The normalized spacial score (nSPS) is 11.8. The van der Waals surface area contributed by atoms with E-state index >= 15 is 0 Å². The van der Waals surface area contributed by atoms with Crippen molar-refractivity contribution in [2.24, 2.45) is 0 Å². The summed E-state index contributed by atoms with van der Waals surface area (Å²) >= 11 is 0.